The van der Waals surface area contributed by atoms with Crippen LogP contribution >= 0.6 is 11.6 Å². The van der Waals surface area contributed by atoms with Crippen molar-refractivity contribution < 1.29 is 13.2 Å². The van der Waals surface area contributed by atoms with Gasteiger partial charge in [-0.1, -0.05) is 29.5 Å². The number of benzene rings is 1. The highest BCUT2D eigenvalue weighted by Crippen LogP contribution is 2.20. The Balaban J connectivity index is 1.77. The molecule has 0 aliphatic carbocycles. The standard InChI is InChI=1S/C16H9ClF2N4O2/c17-11-5-1-3-10(9-11)4-2-7-23-8-6-12(20-16(23)24)14-21-22-15(25-14)13(18)19/h1,3,5-6,8-9,13H,7H2. The van der Waals surface area contributed by atoms with Crippen molar-refractivity contribution in [3.63, 3.8) is 0 Å². The van der Waals surface area contributed by atoms with Gasteiger partial charge in [-0.2, -0.15) is 13.8 Å². The van der Waals surface area contributed by atoms with Crippen LogP contribution in [0, 0.1) is 11.8 Å². The summed E-state index contributed by atoms with van der Waals surface area (Å²) in [6.45, 7) is 0.102. The van der Waals surface area contributed by atoms with E-state index >= 15 is 0 Å². The molecule has 0 radical (unpaired) electrons. The molecule has 0 saturated carbocycles. The second kappa shape index (κ2) is 7.23. The summed E-state index contributed by atoms with van der Waals surface area (Å²) in [5, 5.41) is 7.19. The van der Waals surface area contributed by atoms with Crippen LogP contribution in [0.2, 0.25) is 5.02 Å². The van der Waals surface area contributed by atoms with Crippen molar-refractivity contribution in [2.75, 3.05) is 0 Å². The first-order valence-corrected chi connectivity index (χ1v) is 7.34. The molecule has 0 amide bonds. The molecule has 0 atom stereocenters. The predicted octanol–water partition coefficient (Wildman–Crippen LogP) is 2.94. The Morgan fingerprint density at radius 1 is 1.28 bits per heavy atom. The van der Waals surface area contributed by atoms with Crippen LogP contribution < -0.4 is 5.69 Å². The van der Waals surface area contributed by atoms with Crippen molar-refractivity contribution in [1.82, 2.24) is 19.7 Å². The minimum atomic E-state index is -2.89. The summed E-state index contributed by atoms with van der Waals surface area (Å²) in [4.78, 5) is 15.7. The summed E-state index contributed by atoms with van der Waals surface area (Å²) < 4.78 is 30.9. The Labute approximate surface area is 145 Å². The third-order valence-electron chi connectivity index (χ3n) is 3.03. The zero-order chi connectivity index (χ0) is 17.8. The molecule has 0 bridgehead atoms. The monoisotopic (exact) mass is 362 g/mol. The van der Waals surface area contributed by atoms with Gasteiger partial charge in [0.05, 0.1) is 6.54 Å². The molecule has 126 valence electrons. The number of halogens is 3. The van der Waals surface area contributed by atoms with Crippen LogP contribution in [-0.4, -0.2) is 19.7 Å². The first kappa shape index (κ1) is 16.8. The Kier molecular flexibility index (Phi) is 4.86. The van der Waals surface area contributed by atoms with Gasteiger partial charge in [-0.15, -0.1) is 10.2 Å². The van der Waals surface area contributed by atoms with Gasteiger partial charge in [-0.05, 0) is 24.3 Å². The van der Waals surface area contributed by atoms with Crippen LogP contribution in [0.25, 0.3) is 11.6 Å². The quantitative estimate of drug-likeness (QED) is 0.670. The number of nitrogens with zero attached hydrogens (tertiary/aromatic N) is 4. The summed E-state index contributed by atoms with van der Waals surface area (Å²) in [6, 6.07) is 8.41. The van der Waals surface area contributed by atoms with Gasteiger partial charge in [0, 0.05) is 16.8 Å². The average molecular weight is 363 g/mol. The molecule has 0 aliphatic heterocycles. The van der Waals surface area contributed by atoms with Gasteiger partial charge in [0.15, 0.2) is 0 Å². The Morgan fingerprint density at radius 2 is 2.12 bits per heavy atom. The molecule has 0 saturated heterocycles. The number of hydrogen-bond acceptors (Lipinski definition) is 5. The van der Waals surface area contributed by atoms with E-state index in [1.54, 1.807) is 24.3 Å². The van der Waals surface area contributed by atoms with Gasteiger partial charge in [-0.25, -0.2) is 4.79 Å². The number of alkyl halides is 2. The maximum absolute atomic E-state index is 12.4. The maximum atomic E-state index is 12.4. The van der Waals surface area contributed by atoms with E-state index in [1.165, 1.54) is 16.8 Å². The average Bonchev–Trinajstić information content (AvgIpc) is 3.07. The van der Waals surface area contributed by atoms with E-state index in [1.807, 2.05) is 0 Å². The third-order valence-corrected chi connectivity index (χ3v) is 3.26. The van der Waals surface area contributed by atoms with Crippen molar-refractivity contribution >= 4 is 11.6 Å². The van der Waals surface area contributed by atoms with Gasteiger partial charge in [0.2, 0.25) is 0 Å². The minimum Gasteiger partial charge on any atom is -0.414 e. The molecule has 0 spiro atoms. The molecule has 25 heavy (non-hydrogen) atoms. The fraction of sp³-hybridized carbons (Fsp3) is 0.125. The predicted molar refractivity (Wildman–Crippen MR) is 85.1 cm³/mol. The molecule has 9 heteroatoms. The van der Waals surface area contributed by atoms with Crippen LogP contribution in [0.15, 0.2) is 45.7 Å². The zero-order valence-corrected chi connectivity index (χ0v) is 13.2. The van der Waals surface area contributed by atoms with Gasteiger partial charge in [0.1, 0.15) is 5.69 Å². The normalized spacial score (nSPS) is 10.6. The smallest absolute Gasteiger partial charge is 0.349 e. The Hall–Kier alpha value is -3.05. The number of rotatable bonds is 3. The highest BCUT2D eigenvalue weighted by molar-refractivity contribution is 6.30. The van der Waals surface area contributed by atoms with Crippen molar-refractivity contribution in [2.45, 2.75) is 13.0 Å². The van der Waals surface area contributed by atoms with Crippen LogP contribution in [-0.2, 0) is 6.54 Å². The summed E-state index contributed by atoms with van der Waals surface area (Å²) in [7, 11) is 0. The van der Waals surface area contributed by atoms with Crippen LogP contribution in [0.4, 0.5) is 8.78 Å². The van der Waals surface area contributed by atoms with E-state index in [4.69, 9.17) is 16.0 Å². The molecule has 3 rings (SSSR count). The third kappa shape index (κ3) is 4.08. The molecule has 3 aromatic rings. The Morgan fingerprint density at radius 3 is 2.80 bits per heavy atom. The van der Waals surface area contributed by atoms with E-state index in [2.05, 4.69) is 27.0 Å². The summed E-state index contributed by atoms with van der Waals surface area (Å²) >= 11 is 5.86. The Bertz CT molecular complexity index is 1020. The summed E-state index contributed by atoms with van der Waals surface area (Å²) in [5.41, 5.74) is 0.119. The molecule has 0 N–H and O–H groups in total. The lowest BCUT2D eigenvalue weighted by Crippen LogP contribution is -2.22. The molecule has 0 fully saturated rings. The molecular weight excluding hydrogens is 354 g/mol. The summed E-state index contributed by atoms with van der Waals surface area (Å²) in [5.74, 6) is 4.63. The molecule has 6 nitrogen and oxygen atoms in total. The van der Waals surface area contributed by atoms with Gasteiger partial charge in [-0.3, -0.25) is 4.57 Å². The molecule has 0 unspecified atom stereocenters. The molecule has 0 aliphatic rings. The van der Waals surface area contributed by atoms with E-state index in [9.17, 15) is 13.6 Å². The van der Waals surface area contributed by atoms with E-state index in [-0.39, 0.29) is 18.1 Å². The zero-order valence-electron chi connectivity index (χ0n) is 12.5. The van der Waals surface area contributed by atoms with E-state index in [0.29, 0.717) is 5.02 Å². The van der Waals surface area contributed by atoms with Gasteiger partial charge >= 0.3 is 12.1 Å². The number of aromatic nitrogens is 4. The molecular formula is C16H9ClF2N4O2. The minimum absolute atomic E-state index is 0.0171. The van der Waals surface area contributed by atoms with Crippen LogP contribution in [0.1, 0.15) is 17.9 Å². The fourth-order valence-electron chi connectivity index (χ4n) is 1.89. The van der Waals surface area contributed by atoms with Gasteiger partial charge in [0.25, 0.3) is 11.8 Å². The molecule has 2 heterocycles. The fourth-order valence-corrected chi connectivity index (χ4v) is 2.08. The first-order valence-electron chi connectivity index (χ1n) is 6.97. The largest absolute Gasteiger partial charge is 0.414 e. The lowest BCUT2D eigenvalue weighted by Gasteiger charge is -2.00. The van der Waals surface area contributed by atoms with Crippen molar-refractivity contribution in [3.8, 4) is 23.4 Å². The van der Waals surface area contributed by atoms with Gasteiger partial charge < -0.3 is 4.42 Å². The van der Waals surface area contributed by atoms with Crippen molar-refractivity contribution in [1.29, 1.82) is 0 Å². The lowest BCUT2D eigenvalue weighted by atomic mass is 10.2. The van der Waals surface area contributed by atoms with Crippen molar-refractivity contribution in [2.24, 2.45) is 0 Å². The van der Waals surface area contributed by atoms with Crippen molar-refractivity contribution in [3.05, 3.63) is 63.5 Å². The van der Waals surface area contributed by atoms with Crippen LogP contribution in [0.5, 0.6) is 0 Å². The topological polar surface area (TPSA) is 73.8 Å². The van der Waals surface area contributed by atoms with Crippen LogP contribution in [0.3, 0.4) is 0 Å². The van der Waals surface area contributed by atoms with E-state index in [0.717, 1.165) is 5.56 Å². The maximum Gasteiger partial charge on any atom is 0.349 e. The first-order chi connectivity index (χ1) is 12.0. The van der Waals surface area contributed by atoms with E-state index < -0.39 is 18.0 Å². The molecule has 2 aromatic heterocycles. The highest BCUT2D eigenvalue weighted by atomic mass is 35.5. The second-order valence-electron chi connectivity index (χ2n) is 4.78. The molecule has 1 aromatic carbocycles. The lowest BCUT2D eigenvalue weighted by molar-refractivity contribution is 0.116. The second-order valence-corrected chi connectivity index (χ2v) is 5.22. The SMILES string of the molecule is O=c1nc(-c2nnc(C(F)F)o2)ccn1CC#Cc1cccc(Cl)c1. The summed E-state index contributed by atoms with van der Waals surface area (Å²) in [6.07, 6.45) is -1.47. The number of hydrogen-bond donors (Lipinski definition) is 0. The highest BCUT2D eigenvalue weighted by Gasteiger charge is 2.18.